The first kappa shape index (κ1) is 16.1. The van der Waals surface area contributed by atoms with E-state index in [4.69, 9.17) is 0 Å². The number of halogens is 2. The zero-order chi connectivity index (χ0) is 16.6. The molecule has 1 aromatic heterocycles. The molecular weight excluding hydrogens is 298 g/mol. The van der Waals surface area contributed by atoms with Gasteiger partial charge < -0.3 is 9.80 Å². The van der Waals surface area contributed by atoms with Crippen LogP contribution in [0, 0.1) is 5.92 Å². The van der Waals surface area contributed by atoms with E-state index < -0.39 is 6.43 Å². The summed E-state index contributed by atoms with van der Waals surface area (Å²) in [5, 5.41) is 0.840. The molecule has 3 rings (SSSR count). The Kier molecular flexibility index (Phi) is 4.43. The standard InChI is InChI=1S/C17H22F2N4/c1-11(2)14-10-22(3)8-9-23(14)17-12-6-4-5-7-13(12)20-16(21-17)15(18)19/h4-7,11,14-15H,8-10H2,1-3H3. The Morgan fingerprint density at radius 3 is 2.57 bits per heavy atom. The van der Waals surface area contributed by atoms with Crippen LogP contribution in [0.2, 0.25) is 0 Å². The smallest absolute Gasteiger partial charge is 0.297 e. The van der Waals surface area contributed by atoms with Crippen molar-refractivity contribution in [3.8, 4) is 0 Å². The summed E-state index contributed by atoms with van der Waals surface area (Å²) in [6.07, 6.45) is -2.66. The lowest BCUT2D eigenvalue weighted by molar-refractivity contribution is 0.140. The topological polar surface area (TPSA) is 32.3 Å². The van der Waals surface area contributed by atoms with Crippen molar-refractivity contribution in [2.45, 2.75) is 26.3 Å². The first-order valence-corrected chi connectivity index (χ1v) is 7.97. The predicted molar refractivity (Wildman–Crippen MR) is 88.0 cm³/mol. The van der Waals surface area contributed by atoms with Gasteiger partial charge in [0.2, 0.25) is 0 Å². The van der Waals surface area contributed by atoms with Gasteiger partial charge in [-0.15, -0.1) is 0 Å². The minimum Gasteiger partial charge on any atom is -0.350 e. The van der Waals surface area contributed by atoms with Crippen LogP contribution in [-0.4, -0.2) is 47.6 Å². The molecule has 0 N–H and O–H groups in total. The van der Waals surface area contributed by atoms with Gasteiger partial charge in [0, 0.05) is 31.1 Å². The SMILES string of the molecule is CC(C)C1CN(C)CCN1c1nc(C(F)F)nc2ccccc12. The monoisotopic (exact) mass is 320 g/mol. The molecule has 1 aromatic carbocycles. The normalized spacial score (nSPS) is 20.0. The number of hydrogen-bond acceptors (Lipinski definition) is 4. The van der Waals surface area contributed by atoms with Crippen molar-refractivity contribution in [3.63, 3.8) is 0 Å². The molecule has 2 aromatic rings. The molecule has 1 atom stereocenters. The second kappa shape index (κ2) is 6.35. The molecule has 0 saturated carbocycles. The Morgan fingerprint density at radius 2 is 1.87 bits per heavy atom. The average molecular weight is 320 g/mol. The van der Waals surface area contributed by atoms with Gasteiger partial charge in [-0.2, -0.15) is 0 Å². The summed E-state index contributed by atoms with van der Waals surface area (Å²) in [6, 6.07) is 7.65. The van der Waals surface area contributed by atoms with Crippen LogP contribution in [0.15, 0.2) is 24.3 Å². The maximum absolute atomic E-state index is 13.2. The fourth-order valence-corrected chi connectivity index (χ4v) is 3.18. The molecule has 1 aliphatic heterocycles. The van der Waals surface area contributed by atoms with Crippen molar-refractivity contribution in [3.05, 3.63) is 30.1 Å². The molecule has 0 amide bonds. The number of piperazine rings is 1. The van der Waals surface area contributed by atoms with Gasteiger partial charge in [0.1, 0.15) is 5.82 Å². The third-order valence-electron chi connectivity index (χ3n) is 4.46. The minimum absolute atomic E-state index is 0.248. The molecule has 1 unspecified atom stereocenters. The third-order valence-corrected chi connectivity index (χ3v) is 4.46. The minimum atomic E-state index is -2.66. The zero-order valence-electron chi connectivity index (χ0n) is 13.7. The van der Waals surface area contributed by atoms with Gasteiger partial charge >= 0.3 is 0 Å². The Hall–Kier alpha value is -1.82. The van der Waals surface area contributed by atoms with E-state index in [1.165, 1.54) is 0 Å². The van der Waals surface area contributed by atoms with E-state index in [9.17, 15) is 8.78 Å². The van der Waals surface area contributed by atoms with Crippen molar-refractivity contribution >= 4 is 16.7 Å². The van der Waals surface area contributed by atoms with Crippen LogP contribution < -0.4 is 4.90 Å². The summed E-state index contributed by atoms with van der Waals surface area (Å²) in [4.78, 5) is 12.7. The molecule has 1 aliphatic rings. The van der Waals surface area contributed by atoms with E-state index in [-0.39, 0.29) is 11.9 Å². The lowest BCUT2D eigenvalue weighted by atomic mass is 9.99. The molecular formula is C17H22F2N4. The highest BCUT2D eigenvalue weighted by molar-refractivity contribution is 5.89. The maximum Gasteiger partial charge on any atom is 0.297 e. The van der Waals surface area contributed by atoms with Crippen LogP contribution in [0.1, 0.15) is 26.1 Å². The number of aromatic nitrogens is 2. The maximum atomic E-state index is 13.2. The Morgan fingerprint density at radius 1 is 1.13 bits per heavy atom. The number of para-hydroxylation sites is 1. The Bertz CT molecular complexity index is 689. The number of nitrogens with zero attached hydrogens (tertiary/aromatic N) is 4. The number of alkyl halides is 2. The van der Waals surface area contributed by atoms with Crippen molar-refractivity contribution in [1.82, 2.24) is 14.9 Å². The van der Waals surface area contributed by atoms with Crippen molar-refractivity contribution < 1.29 is 8.78 Å². The number of fused-ring (bicyclic) bond motifs is 1. The quantitative estimate of drug-likeness (QED) is 0.868. The lowest BCUT2D eigenvalue weighted by Gasteiger charge is -2.43. The summed E-state index contributed by atoms with van der Waals surface area (Å²) in [5.41, 5.74) is 0.578. The number of rotatable bonds is 3. The largest absolute Gasteiger partial charge is 0.350 e. The molecule has 4 nitrogen and oxygen atoms in total. The molecule has 0 bridgehead atoms. The van der Waals surface area contributed by atoms with Crippen LogP contribution >= 0.6 is 0 Å². The first-order chi connectivity index (χ1) is 11.0. The van der Waals surface area contributed by atoms with E-state index >= 15 is 0 Å². The van der Waals surface area contributed by atoms with Gasteiger partial charge in [-0.3, -0.25) is 0 Å². The average Bonchev–Trinajstić information content (AvgIpc) is 2.53. The summed E-state index contributed by atoms with van der Waals surface area (Å²) in [6.45, 7) is 6.90. The first-order valence-electron chi connectivity index (χ1n) is 7.97. The van der Waals surface area contributed by atoms with Crippen molar-refractivity contribution in [2.75, 3.05) is 31.6 Å². The van der Waals surface area contributed by atoms with Crippen LogP contribution in [0.4, 0.5) is 14.6 Å². The highest BCUT2D eigenvalue weighted by atomic mass is 19.3. The number of hydrogen-bond donors (Lipinski definition) is 0. The Balaban J connectivity index is 2.13. The van der Waals surface area contributed by atoms with E-state index in [0.29, 0.717) is 17.3 Å². The van der Waals surface area contributed by atoms with Gasteiger partial charge in [-0.05, 0) is 25.1 Å². The van der Waals surface area contributed by atoms with E-state index in [1.54, 1.807) is 6.07 Å². The predicted octanol–water partition coefficient (Wildman–Crippen LogP) is 3.34. The molecule has 1 saturated heterocycles. The van der Waals surface area contributed by atoms with Gasteiger partial charge in [-0.1, -0.05) is 26.0 Å². The molecule has 23 heavy (non-hydrogen) atoms. The molecule has 124 valence electrons. The van der Waals surface area contributed by atoms with Crippen molar-refractivity contribution in [2.24, 2.45) is 5.92 Å². The number of likely N-dealkylation sites (N-methyl/N-ethyl adjacent to an activating group) is 1. The highest BCUT2D eigenvalue weighted by Crippen LogP contribution is 2.31. The van der Waals surface area contributed by atoms with Crippen LogP contribution in [0.5, 0.6) is 0 Å². The van der Waals surface area contributed by atoms with Crippen LogP contribution in [0.25, 0.3) is 10.9 Å². The molecule has 6 heteroatoms. The summed E-state index contributed by atoms with van der Waals surface area (Å²) < 4.78 is 26.4. The summed E-state index contributed by atoms with van der Waals surface area (Å²) in [7, 11) is 2.09. The number of anilines is 1. The number of benzene rings is 1. The fourth-order valence-electron chi connectivity index (χ4n) is 3.18. The summed E-state index contributed by atoms with van der Waals surface area (Å²) in [5.74, 6) is 0.652. The van der Waals surface area contributed by atoms with Gasteiger partial charge in [0.05, 0.1) is 5.52 Å². The highest BCUT2D eigenvalue weighted by Gasteiger charge is 2.30. The van der Waals surface area contributed by atoms with E-state index in [0.717, 1.165) is 25.0 Å². The van der Waals surface area contributed by atoms with Gasteiger partial charge in [0.15, 0.2) is 5.82 Å². The van der Waals surface area contributed by atoms with E-state index in [2.05, 4.69) is 40.7 Å². The van der Waals surface area contributed by atoms with Gasteiger partial charge in [0.25, 0.3) is 6.43 Å². The zero-order valence-corrected chi connectivity index (χ0v) is 13.7. The molecule has 0 spiro atoms. The molecule has 0 radical (unpaired) electrons. The fraction of sp³-hybridized carbons (Fsp3) is 0.529. The van der Waals surface area contributed by atoms with Gasteiger partial charge in [-0.25, -0.2) is 18.7 Å². The summed E-state index contributed by atoms with van der Waals surface area (Å²) >= 11 is 0. The third kappa shape index (κ3) is 3.13. The molecule has 1 fully saturated rings. The Labute approximate surface area is 135 Å². The lowest BCUT2D eigenvalue weighted by Crippen LogP contribution is -2.54. The second-order valence-corrected chi connectivity index (χ2v) is 6.49. The van der Waals surface area contributed by atoms with Crippen LogP contribution in [0.3, 0.4) is 0 Å². The van der Waals surface area contributed by atoms with Crippen molar-refractivity contribution in [1.29, 1.82) is 0 Å². The molecule has 2 heterocycles. The van der Waals surface area contributed by atoms with Crippen LogP contribution in [-0.2, 0) is 0 Å². The molecule has 0 aliphatic carbocycles. The second-order valence-electron chi connectivity index (χ2n) is 6.49. The van der Waals surface area contributed by atoms with E-state index in [1.807, 2.05) is 18.2 Å².